The molecule has 0 aliphatic rings. The number of carbonyl (C=O) groups is 1. The van der Waals surface area contributed by atoms with Crippen LogP contribution in [-0.2, 0) is 17.8 Å². The summed E-state index contributed by atoms with van der Waals surface area (Å²) in [7, 11) is 0. The number of nitrogens with two attached hydrogens (primary N) is 1. The maximum Gasteiger partial charge on any atom is 0.341 e. The zero-order chi connectivity index (χ0) is 18.7. The van der Waals surface area contributed by atoms with Crippen LogP contribution in [0.1, 0.15) is 23.7 Å². The molecule has 0 fully saturated rings. The monoisotopic (exact) mass is 354 g/mol. The summed E-state index contributed by atoms with van der Waals surface area (Å²) < 4.78 is 7.66. The van der Waals surface area contributed by atoms with Gasteiger partial charge in [0.1, 0.15) is 5.75 Å². The summed E-state index contributed by atoms with van der Waals surface area (Å²) in [5.41, 5.74) is 3.97. The van der Waals surface area contributed by atoms with E-state index in [-0.39, 0.29) is 0 Å². The summed E-state index contributed by atoms with van der Waals surface area (Å²) in [6.07, 6.45) is 0.714. The summed E-state index contributed by atoms with van der Waals surface area (Å²) in [6.45, 7) is 4.21. The molecule has 136 valence electrons. The van der Waals surface area contributed by atoms with E-state index in [9.17, 15) is 4.79 Å². The molecule has 0 aliphatic carbocycles. The number of benzene rings is 2. The molecule has 0 unspecified atom stereocenters. The molecule has 0 aliphatic heterocycles. The molecule has 0 amide bonds. The first-order chi connectivity index (χ1) is 12.5. The minimum absolute atomic E-state index is 0.423. The number of hydrogen-bond donors (Lipinski definition) is 2. The number of carboxylic acids is 1. The van der Waals surface area contributed by atoms with Gasteiger partial charge in [-0.05, 0) is 36.6 Å². The van der Waals surface area contributed by atoms with Gasteiger partial charge in [0.25, 0.3) is 0 Å². The summed E-state index contributed by atoms with van der Waals surface area (Å²) >= 11 is 0. The van der Waals surface area contributed by atoms with Crippen molar-refractivity contribution in [2.75, 3.05) is 6.61 Å². The van der Waals surface area contributed by atoms with Crippen LogP contribution in [0.5, 0.6) is 11.5 Å². The minimum Gasteiger partial charge on any atom is -0.481 e. The fourth-order valence-corrected chi connectivity index (χ4v) is 3.27. The number of aryl methyl sites for hydroxylation is 1. The van der Waals surface area contributed by atoms with Crippen LogP contribution < -0.4 is 15.5 Å². The van der Waals surface area contributed by atoms with E-state index >= 15 is 0 Å². The second-order valence-corrected chi connectivity index (χ2v) is 6.16. The van der Waals surface area contributed by atoms with Crippen LogP contribution >= 0.6 is 0 Å². The van der Waals surface area contributed by atoms with Gasteiger partial charge >= 0.3 is 5.97 Å². The Balaban J connectivity index is 2.21. The molecule has 3 N–H and O–H groups in total. The second kappa shape index (κ2) is 7.49. The van der Waals surface area contributed by atoms with Gasteiger partial charge < -0.3 is 19.2 Å². The quantitative estimate of drug-likeness (QED) is 0.636. The molecule has 1 aromatic heterocycles. The van der Waals surface area contributed by atoms with Crippen molar-refractivity contribution < 1.29 is 19.5 Å². The number of rotatable bonds is 7. The lowest BCUT2D eigenvalue weighted by Gasteiger charge is -2.11. The molecule has 0 radical (unpaired) electrons. The molecule has 0 saturated heterocycles. The third kappa shape index (κ3) is 3.36. The zero-order valence-electron chi connectivity index (χ0n) is 14.9. The zero-order valence-corrected chi connectivity index (χ0v) is 14.9. The van der Waals surface area contributed by atoms with Crippen LogP contribution in [0.15, 0.2) is 42.5 Å². The number of carboxylic acid groups (broad SMARTS) is 1. The number of fused-ring (bicyclic) bond motifs is 1. The number of hydrogen-bond acceptors (Lipinski definition) is 4. The van der Waals surface area contributed by atoms with Crippen molar-refractivity contribution in [3.63, 3.8) is 0 Å². The summed E-state index contributed by atoms with van der Waals surface area (Å²) in [5.74, 6) is 5.53. The highest BCUT2D eigenvalue weighted by atomic mass is 16.6. The number of aliphatic carboxylic acids is 1. The van der Waals surface area contributed by atoms with E-state index in [1.807, 2.05) is 38.1 Å². The van der Waals surface area contributed by atoms with Gasteiger partial charge in [0.05, 0.1) is 16.6 Å². The maximum absolute atomic E-state index is 10.9. The summed E-state index contributed by atoms with van der Waals surface area (Å²) in [6, 6.07) is 13.9. The van der Waals surface area contributed by atoms with E-state index < -0.39 is 12.6 Å². The molecule has 0 bridgehead atoms. The van der Waals surface area contributed by atoms with Crippen molar-refractivity contribution in [2.24, 2.45) is 5.90 Å². The van der Waals surface area contributed by atoms with Gasteiger partial charge in [-0.2, -0.15) is 5.90 Å². The third-order valence-electron chi connectivity index (χ3n) is 4.32. The minimum atomic E-state index is -1.03. The van der Waals surface area contributed by atoms with E-state index in [0.717, 1.165) is 22.3 Å². The third-order valence-corrected chi connectivity index (χ3v) is 4.32. The molecule has 0 spiro atoms. The topological polar surface area (TPSA) is 86.7 Å². The Morgan fingerprint density at radius 2 is 1.96 bits per heavy atom. The number of ether oxygens (including phenoxy) is 1. The van der Waals surface area contributed by atoms with Gasteiger partial charge in [0, 0.05) is 6.54 Å². The molecule has 26 heavy (non-hydrogen) atoms. The molecular formula is C20H22N2O4. The fraction of sp³-hybridized carbons (Fsp3) is 0.250. The first-order valence-electron chi connectivity index (χ1n) is 8.46. The molecule has 0 atom stereocenters. The van der Waals surface area contributed by atoms with Crippen molar-refractivity contribution in [3.05, 3.63) is 59.3 Å². The van der Waals surface area contributed by atoms with Crippen molar-refractivity contribution in [1.82, 2.24) is 4.57 Å². The van der Waals surface area contributed by atoms with Crippen LogP contribution in [-0.4, -0.2) is 22.2 Å². The first kappa shape index (κ1) is 17.8. The molecule has 2 aromatic carbocycles. The van der Waals surface area contributed by atoms with Gasteiger partial charge in [0.15, 0.2) is 12.4 Å². The SMILES string of the molecule is CCc1c(ON)c2c(OCC(=O)O)cc(C)cc2n1Cc1ccccc1. The summed E-state index contributed by atoms with van der Waals surface area (Å²) in [5, 5.41) is 9.66. The Hall–Kier alpha value is -2.99. The Labute approximate surface area is 151 Å². The number of aromatic nitrogens is 1. The normalized spacial score (nSPS) is 10.9. The van der Waals surface area contributed by atoms with Crippen molar-refractivity contribution in [3.8, 4) is 11.5 Å². The molecule has 6 nitrogen and oxygen atoms in total. The van der Waals surface area contributed by atoms with Gasteiger partial charge in [-0.1, -0.05) is 37.3 Å². The van der Waals surface area contributed by atoms with Gasteiger partial charge in [-0.3, -0.25) is 0 Å². The standard InChI is InChI=1S/C20H22N2O4/c1-3-15-20(26-21)19-16(22(15)11-14-7-5-4-6-8-14)9-13(2)10-17(19)25-12-18(23)24/h4-10H,3,11-12,21H2,1-2H3,(H,23,24). The van der Waals surface area contributed by atoms with Crippen LogP contribution in [0, 0.1) is 6.92 Å². The molecule has 1 heterocycles. The largest absolute Gasteiger partial charge is 0.481 e. The highest BCUT2D eigenvalue weighted by molar-refractivity contribution is 5.95. The van der Waals surface area contributed by atoms with Gasteiger partial charge in [0.2, 0.25) is 0 Å². The molecule has 3 rings (SSSR count). The Bertz CT molecular complexity index is 932. The average molecular weight is 354 g/mol. The van der Waals surface area contributed by atoms with Crippen LogP contribution in [0.3, 0.4) is 0 Å². The Kier molecular flexibility index (Phi) is 5.14. The lowest BCUT2D eigenvalue weighted by Crippen LogP contribution is -2.10. The highest BCUT2D eigenvalue weighted by Crippen LogP contribution is 2.40. The van der Waals surface area contributed by atoms with E-state index in [0.29, 0.717) is 29.9 Å². The van der Waals surface area contributed by atoms with Gasteiger partial charge in [-0.25, -0.2) is 4.79 Å². The molecule has 6 heteroatoms. The van der Waals surface area contributed by atoms with Crippen LogP contribution in [0.25, 0.3) is 10.9 Å². The molecule has 0 saturated carbocycles. The van der Waals surface area contributed by atoms with Crippen LogP contribution in [0.2, 0.25) is 0 Å². The smallest absolute Gasteiger partial charge is 0.341 e. The predicted molar refractivity (Wildman–Crippen MR) is 99.5 cm³/mol. The second-order valence-electron chi connectivity index (χ2n) is 6.16. The van der Waals surface area contributed by atoms with Crippen molar-refractivity contribution >= 4 is 16.9 Å². The van der Waals surface area contributed by atoms with E-state index in [1.54, 1.807) is 6.07 Å². The Morgan fingerprint density at radius 1 is 1.23 bits per heavy atom. The van der Waals surface area contributed by atoms with E-state index in [1.165, 1.54) is 0 Å². The van der Waals surface area contributed by atoms with Crippen molar-refractivity contribution in [2.45, 2.75) is 26.8 Å². The number of nitrogens with zero attached hydrogens (tertiary/aromatic N) is 1. The van der Waals surface area contributed by atoms with Gasteiger partial charge in [-0.15, -0.1) is 0 Å². The Morgan fingerprint density at radius 3 is 2.58 bits per heavy atom. The average Bonchev–Trinajstić information content (AvgIpc) is 2.93. The fourth-order valence-electron chi connectivity index (χ4n) is 3.27. The highest BCUT2D eigenvalue weighted by Gasteiger charge is 2.22. The summed E-state index contributed by atoms with van der Waals surface area (Å²) in [4.78, 5) is 16.1. The van der Waals surface area contributed by atoms with E-state index in [2.05, 4.69) is 16.7 Å². The van der Waals surface area contributed by atoms with Crippen LogP contribution in [0.4, 0.5) is 0 Å². The maximum atomic E-state index is 10.9. The lowest BCUT2D eigenvalue weighted by molar-refractivity contribution is -0.139. The first-order valence-corrected chi connectivity index (χ1v) is 8.46. The predicted octanol–water partition coefficient (Wildman–Crippen LogP) is 3.28. The molecule has 3 aromatic rings. The molecular weight excluding hydrogens is 332 g/mol. The van der Waals surface area contributed by atoms with E-state index in [4.69, 9.17) is 20.6 Å². The van der Waals surface area contributed by atoms with Crippen molar-refractivity contribution in [1.29, 1.82) is 0 Å². The lowest BCUT2D eigenvalue weighted by atomic mass is 10.1.